The fourth-order valence-corrected chi connectivity index (χ4v) is 4.30. The summed E-state index contributed by atoms with van der Waals surface area (Å²) in [5.74, 6) is 1.81. The van der Waals surface area contributed by atoms with E-state index in [0.29, 0.717) is 0 Å². The van der Waals surface area contributed by atoms with Crippen LogP contribution in [0.4, 0.5) is 0 Å². The molecule has 0 saturated carbocycles. The normalized spacial score (nSPS) is 13.7. The molecule has 0 aliphatic rings. The first-order valence-electron chi connectivity index (χ1n) is 13.9. The largest absolute Gasteiger partial charge is 0.339 e. The molecule has 0 saturated heterocycles. The Balaban J connectivity index is 3.59. The van der Waals surface area contributed by atoms with E-state index >= 15 is 0 Å². The number of aromatic nitrogens is 3. The van der Waals surface area contributed by atoms with Crippen LogP contribution in [-0.4, -0.2) is 4.57 Å². The molecule has 212 valence electrons. The molecule has 0 atom stereocenters. The van der Waals surface area contributed by atoms with Crippen molar-refractivity contribution in [2.75, 3.05) is 0 Å². The van der Waals surface area contributed by atoms with Crippen LogP contribution in [0, 0.1) is 0 Å². The molecule has 1 aromatic heterocycles. The van der Waals surface area contributed by atoms with Crippen molar-refractivity contribution in [2.45, 2.75) is 20.8 Å². The molecule has 0 bridgehead atoms. The first-order valence-corrected chi connectivity index (χ1v) is 13.9. The maximum Gasteiger partial charge on any atom is 0.339 e. The number of nitrogens with zero attached hydrogens (tertiary/aromatic N) is 3. The summed E-state index contributed by atoms with van der Waals surface area (Å²) in [6.45, 7) is 25.9. The Hall–Kier alpha value is -5.28. The van der Waals surface area contributed by atoms with Gasteiger partial charge >= 0.3 is 11.6 Å². The number of benzene rings is 1. The van der Waals surface area contributed by atoms with Crippen molar-refractivity contribution < 1.29 is 9.36 Å². The third kappa shape index (κ3) is 8.12. The van der Waals surface area contributed by atoms with E-state index < -0.39 is 0 Å². The lowest BCUT2D eigenvalue weighted by molar-refractivity contribution is -1.15. The Kier molecular flexibility index (Phi) is 14.2. The van der Waals surface area contributed by atoms with Gasteiger partial charge in [0.1, 0.15) is 5.70 Å². The summed E-state index contributed by atoms with van der Waals surface area (Å²) in [7, 11) is 0. The quantitative estimate of drug-likeness (QED) is 0.154. The lowest BCUT2D eigenvalue weighted by Crippen LogP contribution is -2.64. The van der Waals surface area contributed by atoms with Gasteiger partial charge in [-0.05, 0) is 90.9 Å². The Labute approximate surface area is 252 Å². The first-order chi connectivity index (χ1) is 20.6. The number of hydrogen-bond acceptors (Lipinski definition) is 0. The molecule has 42 heavy (non-hydrogen) atoms. The lowest BCUT2D eigenvalue weighted by atomic mass is 10.1. The monoisotopic (exact) mass is 553 g/mol. The van der Waals surface area contributed by atoms with E-state index in [0.717, 1.165) is 39.9 Å². The number of allylic oxidation sites excluding steroid dienone is 23. The van der Waals surface area contributed by atoms with Gasteiger partial charge in [-0.1, -0.05) is 118 Å². The molecule has 0 aliphatic heterocycles. The van der Waals surface area contributed by atoms with Crippen molar-refractivity contribution in [1.29, 1.82) is 0 Å². The smallest absolute Gasteiger partial charge is 0.150 e. The van der Waals surface area contributed by atoms with Crippen LogP contribution < -0.4 is 9.36 Å². The Morgan fingerprint density at radius 3 is 1.83 bits per heavy atom. The van der Waals surface area contributed by atoms with Crippen LogP contribution in [0.1, 0.15) is 26.6 Å². The molecule has 0 aliphatic carbocycles. The molecule has 2 aromatic rings. The molecule has 3 heteroatoms. The van der Waals surface area contributed by atoms with Gasteiger partial charge in [-0.3, -0.25) is 0 Å². The summed E-state index contributed by atoms with van der Waals surface area (Å²) in [4.78, 5) is 0. The molecular weight excluding hydrogens is 510 g/mol. The second-order valence-corrected chi connectivity index (χ2v) is 8.77. The highest BCUT2D eigenvalue weighted by atomic mass is 15.5. The summed E-state index contributed by atoms with van der Waals surface area (Å²) >= 11 is 0. The molecule has 0 fully saturated rings. The summed E-state index contributed by atoms with van der Waals surface area (Å²) in [5, 5.41) is 0. The van der Waals surface area contributed by atoms with Crippen molar-refractivity contribution in [3.63, 3.8) is 0 Å². The minimum Gasteiger partial charge on any atom is -0.150 e. The highest BCUT2D eigenvalue weighted by Crippen LogP contribution is 2.28. The zero-order valence-electron chi connectivity index (χ0n) is 25.2. The van der Waals surface area contributed by atoms with Gasteiger partial charge in [0, 0.05) is 0 Å². The van der Waals surface area contributed by atoms with E-state index in [1.165, 1.54) is 0 Å². The van der Waals surface area contributed by atoms with Crippen LogP contribution in [0.3, 0.4) is 0 Å². The van der Waals surface area contributed by atoms with E-state index in [4.69, 9.17) is 0 Å². The lowest BCUT2D eigenvalue weighted by Gasteiger charge is -2.05. The van der Waals surface area contributed by atoms with E-state index in [1.54, 1.807) is 30.4 Å². The summed E-state index contributed by atoms with van der Waals surface area (Å²) < 4.78 is 6.67. The van der Waals surface area contributed by atoms with Gasteiger partial charge in [0.25, 0.3) is 0 Å². The fraction of sp³-hybridized carbons (Fsp3) is 0.0769. The van der Waals surface area contributed by atoms with Crippen LogP contribution in [0.2, 0.25) is 0 Å². The fourth-order valence-electron chi connectivity index (χ4n) is 4.30. The van der Waals surface area contributed by atoms with Crippen molar-refractivity contribution in [3.05, 3.63) is 184 Å². The minimum absolute atomic E-state index is 0.881. The number of hydrogen-bond donors (Lipinski definition) is 0. The van der Waals surface area contributed by atoms with Crippen molar-refractivity contribution in [1.82, 2.24) is 4.57 Å². The minimum atomic E-state index is 0.881. The Morgan fingerprint density at radius 1 is 0.619 bits per heavy atom. The van der Waals surface area contributed by atoms with Crippen molar-refractivity contribution in [3.8, 4) is 11.4 Å². The van der Waals surface area contributed by atoms with Crippen LogP contribution in [-0.2, 0) is 0 Å². The van der Waals surface area contributed by atoms with Gasteiger partial charge in [-0.25, -0.2) is 0 Å². The van der Waals surface area contributed by atoms with Gasteiger partial charge in [-0.15, -0.1) is 0 Å². The molecule has 0 amide bonds. The second-order valence-electron chi connectivity index (χ2n) is 8.77. The van der Waals surface area contributed by atoms with Gasteiger partial charge in [0.05, 0.1) is 11.1 Å². The van der Waals surface area contributed by atoms with E-state index in [9.17, 15) is 0 Å². The molecular formula is C39H43N3+2. The molecule has 2 rings (SSSR count). The molecule has 1 heterocycles. The zero-order valence-corrected chi connectivity index (χ0v) is 25.2. The average molecular weight is 554 g/mol. The number of rotatable bonds is 15. The predicted molar refractivity (Wildman–Crippen MR) is 185 cm³/mol. The molecule has 3 nitrogen and oxygen atoms in total. The van der Waals surface area contributed by atoms with E-state index in [1.807, 2.05) is 93.7 Å². The highest BCUT2D eigenvalue weighted by molar-refractivity contribution is 5.77. The maximum absolute atomic E-state index is 4.04. The van der Waals surface area contributed by atoms with Crippen molar-refractivity contribution in [2.24, 2.45) is 0 Å². The molecule has 0 spiro atoms. The Morgan fingerprint density at radius 2 is 1.26 bits per heavy atom. The standard InChI is InChI=1S/C39H43N3/c1-9-17-27-33(24-13-5)38-40(36(25-14-6)31-19-11-3)39(34-28-22-21-23-29-34)42(37(26-15-7)32-20-12-4)41(38)35(16-8)30-18-10-2/h9-32H,1-3,5-6H2,4,7-8H3/q+2/b20-12-,26-15-,27-17-,30-18-,31-19-,33-24+,35-16+,36-25+,37-32+. The summed E-state index contributed by atoms with van der Waals surface area (Å²) in [5.41, 5.74) is 4.72. The van der Waals surface area contributed by atoms with Crippen LogP contribution in [0.5, 0.6) is 0 Å². The topological polar surface area (TPSA) is 12.7 Å². The van der Waals surface area contributed by atoms with Gasteiger partial charge in [-0.2, -0.15) is 4.57 Å². The summed E-state index contributed by atoms with van der Waals surface area (Å²) in [6, 6.07) is 10.4. The van der Waals surface area contributed by atoms with E-state index in [2.05, 4.69) is 89.3 Å². The maximum atomic E-state index is 4.04. The third-order valence-electron chi connectivity index (χ3n) is 5.96. The van der Waals surface area contributed by atoms with Crippen molar-refractivity contribution >= 4 is 22.7 Å². The zero-order chi connectivity index (χ0) is 30.7. The molecule has 0 unspecified atom stereocenters. The molecule has 0 N–H and O–H groups in total. The van der Waals surface area contributed by atoms with Crippen LogP contribution in [0.15, 0.2) is 179 Å². The SMILES string of the molecule is C=C/C=C\C(=C/C=C)c1n(C(/C=C\C=C)=C/C=C)c(-c2ccccc2)[n+](C(/C=C\C)=C/C=C\C)[n+]1C(/C=C\C=C)=C/C. The highest BCUT2D eigenvalue weighted by Gasteiger charge is 2.40. The van der Waals surface area contributed by atoms with Gasteiger partial charge < -0.3 is 0 Å². The third-order valence-corrected chi connectivity index (χ3v) is 5.96. The molecule has 0 radical (unpaired) electrons. The predicted octanol–water partition coefficient (Wildman–Crippen LogP) is 9.41. The average Bonchev–Trinajstić information content (AvgIpc) is 3.35. The summed E-state index contributed by atoms with van der Waals surface area (Å²) in [6.07, 6.45) is 37.2. The van der Waals surface area contributed by atoms with Gasteiger partial charge in [0.15, 0.2) is 11.4 Å². The van der Waals surface area contributed by atoms with Crippen LogP contribution in [0.25, 0.3) is 34.1 Å². The van der Waals surface area contributed by atoms with E-state index in [-0.39, 0.29) is 0 Å². The Bertz CT molecular complexity index is 1550. The second kappa shape index (κ2) is 18.1. The first kappa shape index (κ1) is 32.9. The molecule has 1 aromatic carbocycles. The van der Waals surface area contributed by atoms with Gasteiger partial charge in [0.2, 0.25) is 0 Å². The van der Waals surface area contributed by atoms with Crippen LogP contribution >= 0.6 is 0 Å².